The lowest BCUT2D eigenvalue weighted by Gasteiger charge is -2.37. The molecule has 1 aromatic rings. The number of hydrogen-bond acceptors (Lipinski definition) is 1. The molecule has 1 aromatic carbocycles. The van der Waals surface area contributed by atoms with Crippen molar-refractivity contribution in [3.8, 4) is 0 Å². The molecule has 1 nitrogen and oxygen atoms in total. The predicted octanol–water partition coefficient (Wildman–Crippen LogP) is 3.69. The number of ketones is 1. The predicted molar refractivity (Wildman–Crippen MR) is 68.2 cm³/mol. The molecule has 1 aliphatic rings. The molecule has 17 heavy (non-hydrogen) atoms. The van der Waals surface area contributed by atoms with E-state index in [1.54, 1.807) is 24.5 Å². The molecule has 1 aliphatic heterocycles. The molecule has 0 saturated carbocycles. The van der Waals surface area contributed by atoms with Gasteiger partial charge in [0.25, 0.3) is 0 Å². The van der Waals surface area contributed by atoms with Gasteiger partial charge >= 0.3 is 5.25 Å². The van der Waals surface area contributed by atoms with Crippen LogP contribution in [0.4, 0.5) is 8.78 Å². The van der Waals surface area contributed by atoms with Crippen molar-refractivity contribution in [3.05, 3.63) is 35.9 Å². The normalized spacial score (nSPS) is 21.1. The lowest BCUT2D eigenvalue weighted by atomic mass is 10.1. The summed E-state index contributed by atoms with van der Waals surface area (Å²) in [4.78, 5) is 11.9. The Morgan fingerprint density at radius 3 is 2.24 bits per heavy atom. The minimum atomic E-state index is -3.18. The highest BCUT2D eigenvalue weighted by molar-refractivity contribution is 8.34. The quantitative estimate of drug-likeness (QED) is 0.756. The largest absolute Gasteiger partial charge is 0.340 e. The summed E-state index contributed by atoms with van der Waals surface area (Å²) in [6, 6.07) is 7.90. The summed E-state index contributed by atoms with van der Waals surface area (Å²) in [5.41, 5.74) is 0.123. The van der Waals surface area contributed by atoms with Gasteiger partial charge in [-0.2, -0.15) is 18.8 Å². The third kappa shape index (κ3) is 2.10. The smallest absolute Gasteiger partial charge is 0.286 e. The number of carbonyl (C=O) groups is 1. The minimum Gasteiger partial charge on any atom is -0.286 e. The Balaban J connectivity index is 2.29. The third-order valence-corrected chi connectivity index (χ3v) is 7.16. The lowest BCUT2D eigenvalue weighted by molar-refractivity contribution is 0.0551. The molecule has 1 saturated heterocycles. The first-order valence-corrected chi connectivity index (χ1v) is 8.06. The van der Waals surface area contributed by atoms with E-state index in [9.17, 15) is 13.6 Å². The number of hydrogen-bond donors (Lipinski definition) is 0. The van der Waals surface area contributed by atoms with Crippen LogP contribution in [0, 0.1) is 0 Å². The molecule has 0 N–H and O–H groups in total. The summed E-state index contributed by atoms with van der Waals surface area (Å²) in [5.74, 6) is 0.0226. The number of rotatable bonds is 3. The van der Waals surface area contributed by atoms with Crippen LogP contribution in [-0.4, -0.2) is 28.8 Å². The summed E-state index contributed by atoms with van der Waals surface area (Å²) in [6.45, 7) is 0. The molecular formula is C13H16F2OS. The molecule has 0 spiro atoms. The zero-order chi connectivity index (χ0) is 12.5. The van der Waals surface area contributed by atoms with Crippen LogP contribution in [-0.2, 0) is 0 Å². The fourth-order valence-corrected chi connectivity index (χ4v) is 5.15. The topological polar surface area (TPSA) is 17.1 Å². The van der Waals surface area contributed by atoms with Crippen LogP contribution in [0.25, 0.3) is 0 Å². The molecule has 0 aliphatic carbocycles. The molecule has 0 bridgehead atoms. The van der Waals surface area contributed by atoms with Gasteiger partial charge in [-0.15, -0.1) is 0 Å². The van der Waals surface area contributed by atoms with Gasteiger partial charge in [0.05, 0.1) is 0 Å². The monoisotopic (exact) mass is 258 g/mol. The van der Waals surface area contributed by atoms with Crippen molar-refractivity contribution in [1.29, 1.82) is 0 Å². The van der Waals surface area contributed by atoms with Crippen molar-refractivity contribution in [2.75, 3.05) is 17.8 Å². The first-order chi connectivity index (χ1) is 7.97. The highest BCUT2D eigenvalue weighted by Gasteiger charge is 2.53. The Labute approximate surface area is 102 Å². The second-order valence-electron chi connectivity index (χ2n) is 4.60. The molecule has 1 fully saturated rings. The van der Waals surface area contributed by atoms with Gasteiger partial charge in [-0.05, 0) is 30.6 Å². The van der Waals surface area contributed by atoms with E-state index in [0.29, 0.717) is 11.5 Å². The average Bonchev–Trinajstić information content (AvgIpc) is 2.78. The van der Waals surface area contributed by atoms with Gasteiger partial charge < -0.3 is 0 Å². The number of carbonyl (C=O) groups excluding carboxylic acids is 1. The van der Waals surface area contributed by atoms with Crippen LogP contribution in [0.1, 0.15) is 23.2 Å². The molecule has 2 rings (SSSR count). The second-order valence-corrected chi connectivity index (χ2v) is 8.48. The highest BCUT2D eigenvalue weighted by Crippen LogP contribution is 2.63. The van der Waals surface area contributed by atoms with E-state index in [2.05, 4.69) is 0 Å². The Morgan fingerprint density at radius 2 is 1.71 bits per heavy atom. The van der Waals surface area contributed by atoms with Gasteiger partial charge in [0.1, 0.15) is 0 Å². The summed E-state index contributed by atoms with van der Waals surface area (Å²) in [7, 11) is -2.11. The van der Waals surface area contributed by atoms with Crippen LogP contribution >= 0.6 is 10.0 Å². The second kappa shape index (κ2) is 4.41. The maximum absolute atomic E-state index is 14.3. The van der Waals surface area contributed by atoms with Gasteiger partial charge in [-0.3, -0.25) is 4.79 Å². The van der Waals surface area contributed by atoms with E-state index in [1.165, 1.54) is 12.1 Å². The van der Waals surface area contributed by atoms with Gasteiger partial charge in [-0.25, -0.2) is 0 Å². The van der Waals surface area contributed by atoms with Crippen molar-refractivity contribution >= 4 is 15.8 Å². The molecule has 0 unspecified atom stereocenters. The summed E-state index contributed by atoms with van der Waals surface area (Å²) in [5, 5.41) is -3.18. The SMILES string of the molecule is CS1(C(F)(F)C(=O)c2ccccc2)CCCC1. The Hall–Kier alpha value is -0.900. The average molecular weight is 258 g/mol. The highest BCUT2D eigenvalue weighted by atomic mass is 32.3. The summed E-state index contributed by atoms with van der Waals surface area (Å²) >= 11 is 0. The molecular weight excluding hydrogens is 242 g/mol. The van der Waals surface area contributed by atoms with Crippen molar-refractivity contribution < 1.29 is 13.6 Å². The van der Waals surface area contributed by atoms with Crippen molar-refractivity contribution in [1.82, 2.24) is 0 Å². The standard InChI is InChI=1S/C13H16F2OS/c1-17(9-5-6-10-17)13(14,15)12(16)11-7-3-2-4-8-11/h2-4,7-8H,5-6,9-10H2,1H3. The van der Waals surface area contributed by atoms with Crippen LogP contribution in [0.5, 0.6) is 0 Å². The van der Waals surface area contributed by atoms with Gasteiger partial charge in [0.2, 0.25) is 5.78 Å². The van der Waals surface area contributed by atoms with E-state index < -0.39 is 21.1 Å². The Morgan fingerprint density at radius 1 is 1.18 bits per heavy atom. The van der Waals surface area contributed by atoms with Gasteiger partial charge in [-0.1, -0.05) is 30.3 Å². The van der Waals surface area contributed by atoms with Crippen LogP contribution in [0.2, 0.25) is 0 Å². The van der Waals surface area contributed by atoms with Crippen LogP contribution in [0.3, 0.4) is 0 Å². The number of benzene rings is 1. The molecule has 1 heterocycles. The molecule has 0 aromatic heterocycles. The summed E-state index contributed by atoms with van der Waals surface area (Å²) in [6.07, 6.45) is 3.26. The van der Waals surface area contributed by atoms with E-state index in [-0.39, 0.29) is 5.56 Å². The first-order valence-electron chi connectivity index (χ1n) is 5.68. The molecule has 0 radical (unpaired) electrons. The Kier molecular flexibility index (Phi) is 3.25. The van der Waals surface area contributed by atoms with Crippen molar-refractivity contribution in [3.63, 3.8) is 0 Å². The van der Waals surface area contributed by atoms with E-state index >= 15 is 0 Å². The number of alkyl halides is 2. The van der Waals surface area contributed by atoms with Gasteiger partial charge in [0, 0.05) is 5.56 Å². The van der Waals surface area contributed by atoms with Crippen LogP contribution < -0.4 is 0 Å². The van der Waals surface area contributed by atoms with E-state index in [1.807, 2.05) is 0 Å². The fourth-order valence-electron chi connectivity index (χ4n) is 2.18. The molecule has 4 heteroatoms. The van der Waals surface area contributed by atoms with E-state index in [4.69, 9.17) is 0 Å². The minimum absolute atomic E-state index is 0.123. The maximum Gasteiger partial charge on any atom is 0.340 e. The maximum atomic E-state index is 14.3. The Bertz CT molecular complexity index is 411. The van der Waals surface area contributed by atoms with Gasteiger partial charge in [0.15, 0.2) is 0 Å². The molecule has 0 amide bonds. The number of Topliss-reactive ketones (excluding diaryl/α,β-unsaturated/α-hetero) is 1. The number of halogens is 2. The first kappa shape index (κ1) is 12.6. The van der Waals surface area contributed by atoms with Crippen molar-refractivity contribution in [2.45, 2.75) is 18.1 Å². The van der Waals surface area contributed by atoms with Crippen LogP contribution in [0.15, 0.2) is 30.3 Å². The van der Waals surface area contributed by atoms with Crippen molar-refractivity contribution in [2.24, 2.45) is 0 Å². The fraction of sp³-hybridized carbons (Fsp3) is 0.462. The molecule has 0 atom stereocenters. The zero-order valence-corrected chi connectivity index (χ0v) is 10.6. The summed E-state index contributed by atoms with van der Waals surface area (Å²) < 4.78 is 28.6. The third-order valence-electron chi connectivity index (χ3n) is 3.36. The van der Waals surface area contributed by atoms with E-state index in [0.717, 1.165) is 12.8 Å². The molecule has 94 valence electrons. The lowest BCUT2D eigenvalue weighted by Crippen LogP contribution is -2.35. The zero-order valence-electron chi connectivity index (χ0n) is 9.79.